The molecule has 1 atom stereocenters. The molecule has 0 fully saturated rings. The Morgan fingerprint density at radius 2 is 2.15 bits per heavy atom. The summed E-state index contributed by atoms with van der Waals surface area (Å²) in [6.45, 7) is 3.87. The number of hydrogen-bond donors (Lipinski definition) is 0. The lowest BCUT2D eigenvalue weighted by Crippen LogP contribution is -1.98. The second-order valence-electron chi connectivity index (χ2n) is 3.17. The molecule has 0 heterocycles. The van der Waals surface area contributed by atoms with Gasteiger partial charge >= 0.3 is 0 Å². The summed E-state index contributed by atoms with van der Waals surface area (Å²) in [5.41, 5.74) is 2.10. The molecule has 0 aromatic heterocycles. The van der Waals surface area contributed by atoms with Crippen LogP contribution in [0.25, 0.3) is 0 Å². The fourth-order valence-electron chi connectivity index (χ4n) is 1.28. The van der Waals surface area contributed by atoms with Crippen LogP contribution in [0.2, 0.25) is 0 Å². The second kappa shape index (κ2) is 4.08. The van der Waals surface area contributed by atoms with Crippen molar-refractivity contribution in [3.05, 3.63) is 29.3 Å². The molecule has 1 aromatic rings. The number of aryl methyl sites for hydroxylation is 1. The van der Waals surface area contributed by atoms with Gasteiger partial charge in [0.1, 0.15) is 12.0 Å². The number of benzene rings is 1. The van der Waals surface area contributed by atoms with Gasteiger partial charge in [-0.1, -0.05) is 24.6 Å². The van der Waals surface area contributed by atoms with Crippen LogP contribution >= 0.6 is 0 Å². The molecule has 1 rings (SSSR count). The monoisotopic (exact) mass is 178 g/mol. The van der Waals surface area contributed by atoms with E-state index < -0.39 is 0 Å². The van der Waals surface area contributed by atoms with Gasteiger partial charge in [0.05, 0.1) is 7.11 Å². The van der Waals surface area contributed by atoms with Crippen molar-refractivity contribution in [2.24, 2.45) is 0 Å². The number of aldehydes is 1. The number of hydrogen-bond acceptors (Lipinski definition) is 2. The second-order valence-corrected chi connectivity index (χ2v) is 3.17. The molecule has 0 bridgehead atoms. The Kier molecular flexibility index (Phi) is 3.07. The van der Waals surface area contributed by atoms with Crippen LogP contribution < -0.4 is 4.74 Å². The van der Waals surface area contributed by atoms with Crippen LogP contribution in [0, 0.1) is 6.92 Å². The minimum Gasteiger partial charge on any atom is -0.496 e. The Bertz CT molecular complexity index is 305. The molecule has 0 amide bonds. The molecule has 0 aliphatic heterocycles. The van der Waals surface area contributed by atoms with Crippen molar-refractivity contribution in [3.8, 4) is 5.75 Å². The van der Waals surface area contributed by atoms with Gasteiger partial charge in [-0.25, -0.2) is 0 Å². The molecule has 1 unspecified atom stereocenters. The lowest BCUT2D eigenvalue weighted by atomic mass is 10.00. The number of ether oxygens (including phenoxy) is 1. The van der Waals surface area contributed by atoms with Crippen molar-refractivity contribution in [1.29, 1.82) is 0 Å². The van der Waals surface area contributed by atoms with E-state index in [1.54, 1.807) is 7.11 Å². The Morgan fingerprint density at radius 1 is 1.46 bits per heavy atom. The summed E-state index contributed by atoms with van der Waals surface area (Å²) in [6, 6.07) is 5.85. The molecular formula is C11H14O2. The van der Waals surface area contributed by atoms with Crippen LogP contribution in [-0.4, -0.2) is 13.4 Å². The molecule has 0 radical (unpaired) electrons. The zero-order valence-electron chi connectivity index (χ0n) is 8.20. The van der Waals surface area contributed by atoms with E-state index in [4.69, 9.17) is 4.74 Å². The summed E-state index contributed by atoms with van der Waals surface area (Å²) in [5.74, 6) is 0.681. The average Bonchev–Trinajstić information content (AvgIpc) is 2.16. The smallest absolute Gasteiger partial charge is 0.127 e. The molecule has 2 heteroatoms. The summed E-state index contributed by atoms with van der Waals surface area (Å²) in [7, 11) is 1.62. The third-order valence-corrected chi connectivity index (χ3v) is 2.08. The molecule has 0 N–H and O–H groups in total. The van der Waals surface area contributed by atoms with Crippen molar-refractivity contribution in [2.75, 3.05) is 7.11 Å². The minimum absolute atomic E-state index is 0.102. The maximum atomic E-state index is 10.6. The van der Waals surface area contributed by atoms with Gasteiger partial charge in [0, 0.05) is 11.5 Å². The zero-order valence-corrected chi connectivity index (χ0v) is 8.20. The van der Waals surface area contributed by atoms with E-state index in [2.05, 4.69) is 0 Å². The summed E-state index contributed by atoms with van der Waals surface area (Å²) in [6.07, 6.45) is 0.928. The average molecular weight is 178 g/mol. The highest BCUT2D eigenvalue weighted by Gasteiger charge is 2.09. The lowest BCUT2D eigenvalue weighted by molar-refractivity contribution is -0.108. The molecule has 1 aromatic carbocycles. The molecule has 0 aliphatic rings. The van der Waals surface area contributed by atoms with Crippen molar-refractivity contribution >= 4 is 6.29 Å². The predicted octanol–water partition coefficient (Wildman–Crippen LogP) is 2.31. The maximum Gasteiger partial charge on any atom is 0.127 e. The zero-order chi connectivity index (χ0) is 9.84. The van der Waals surface area contributed by atoms with E-state index >= 15 is 0 Å². The molecule has 0 aliphatic carbocycles. The quantitative estimate of drug-likeness (QED) is 0.664. The van der Waals surface area contributed by atoms with Crippen LogP contribution in [0.1, 0.15) is 24.0 Å². The summed E-state index contributed by atoms with van der Waals surface area (Å²) in [4.78, 5) is 10.6. The van der Waals surface area contributed by atoms with E-state index in [0.29, 0.717) is 0 Å². The highest BCUT2D eigenvalue weighted by atomic mass is 16.5. The molecule has 0 spiro atoms. The van der Waals surface area contributed by atoms with E-state index in [1.165, 1.54) is 0 Å². The number of carbonyl (C=O) groups excluding carboxylic acids is 1. The van der Waals surface area contributed by atoms with E-state index in [0.717, 1.165) is 23.2 Å². The minimum atomic E-state index is -0.102. The first-order valence-corrected chi connectivity index (χ1v) is 4.29. The number of rotatable bonds is 3. The first kappa shape index (κ1) is 9.78. The molecular weight excluding hydrogens is 164 g/mol. The topological polar surface area (TPSA) is 26.3 Å². The highest BCUT2D eigenvalue weighted by molar-refractivity contribution is 5.64. The summed E-state index contributed by atoms with van der Waals surface area (Å²) < 4.78 is 5.16. The standard InChI is InChI=1S/C11H14O2/c1-8-4-5-11(13-3)10(6-8)9(2)7-12/h4-7,9H,1-3H3. The van der Waals surface area contributed by atoms with Gasteiger partial charge in [-0.2, -0.15) is 0 Å². The Balaban J connectivity index is 3.14. The lowest BCUT2D eigenvalue weighted by Gasteiger charge is -2.11. The van der Waals surface area contributed by atoms with E-state index in [1.807, 2.05) is 32.0 Å². The maximum absolute atomic E-state index is 10.6. The van der Waals surface area contributed by atoms with Crippen LogP contribution in [0.3, 0.4) is 0 Å². The molecule has 2 nitrogen and oxygen atoms in total. The van der Waals surface area contributed by atoms with Crippen LogP contribution in [-0.2, 0) is 4.79 Å². The molecule has 0 saturated carbocycles. The SMILES string of the molecule is COc1ccc(C)cc1C(C)C=O. The third-order valence-electron chi connectivity index (χ3n) is 2.08. The van der Waals surface area contributed by atoms with Gasteiger partial charge in [-0.3, -0.25) is 0 Å². The third kappa shape index (κ3) is 2.08. The van der Waals surface area contributed by atoms with Gasteiger partial charge < -0.3 is 9.53 Å². The molecule has 13 heavy (non-hydrogen) atoms. The van der Waals surface area contributed by atoms with Crippen molar-refractivity contribution < 1.29 is 9.53 Å². The Labute approximate surface area is 78.5 Å². The van der Waals surface area contributed by atoms with Crippen molar-refractivity contribution in [3.63, 3.8) is 0 Å². The number of carbonyl (C=O) groups is 1. The van der Waals surface area contributed by atoms with Gasteiger partial charge in [0.25, 0.3) is 0 Å². The van der Waals surface area contributed by atoms with Crippen LogP contribution in [0.5, 0.6) is 5.75 Å². The van der Waals surface area contributed by atoms with Crippen LogP contribution in [0.15, 0.2) is 18.2 Å². The van der Waals surface area contributed by atoms with Gasteiger partial charge in [-0.15, -0.1) is 0 Å². The van der Waals surface area contributed by atoms with E-state index in [9.17, 15) is 4.79 Å². The van der Waals surface area contributed by atoms with Crippen LogP contribution in [0.4, 0.5) is 0 Å². The van der Waals surface area contributed by atoms with Crippen molar-refractivity contribution in [1.82, 2.24) is 0 Å². The fraction of sp³-hybridized carbons (Fsp3) is 0.364. The molecule has 0 saturated heterocycles. The first-order valence-electron chi connectivity index (χ1n) is 4.29. The van der Waals surface area contributed by atoms with Gasteiger partial charge in [0.2, 0.25) is 0 Å². The van der Waals surface area contributed by atoms with Crippen molar-refractivity contribution in [2.45, 2.75) is 19.8 Å². The summed E-state index contributed by atoms with van der Waals surface area (Å²) in [5, 5.41) is 0. The fourth-order valence-corrected chi connectivity index (χ4v) is 1.28. The Hall–Kier alpha value is -1.31. The largest absolute Gasteiger partial charge is 0.496 e. The van der Waals surface area contributed by atoms with Gasteiger partial charge in [0.15, 0.2) is 0 Å². The summed E-state index contributed by atoms with van der Waals surface area (Å²) >= 11 is 0. The van der Waals surface area contributed by atoms with E-state index in [-0.39, 0.29) is 5.92 Å². The molecule has 70 valence electrons. The Morgan fingerprint density at radius 3 is 2.69 bits per heavy atom. The predicted molar refractivity (Wildman–Crippen MR) is 52.2 cm³/mol. The highest BCUT2D eigenvalue weighted by Crippen LogP contribution is 2.25. The normalized spacial score (nSPS) is 12.2. The van der Waals surface area contributed by atoms with Gasteiger partial charge in [-0.05, 0) is 13.0 Å². The number of methoxy groups -OCH3 is 1. The first-order chi connectivity index (χ1) is 6.19.